The highest BCUT2D eigenvalue weighted by atomic mass is 32.1. The minimum Gasteiger partial charge on any atom is -0.507 e. The summed E-state index contributed by atoms with van der Waals surface area (Å²) >= 11 is 5.38. The first-order valence-corrected chi connectivity index (χ1v) is 8.31. The summed E-state index contributed by atoms with van der Waals surface area (Å²) in [6.07, 6.45) is 2.12. The van der Waals surface area contributed by atoms with Gasteiger partial charge in [0.1, 0.15) is 5.75 Å². The predicted octanol–water partition coefficient (Wildman–Crippen LogP) is 3.79. The number of benzene rings is 2. The van der Waals surface area contributed by atoms with E-state index in [1.807, 2.05) is 37.3 Å². The zero-order valence-corrected chi connectivity index (χ0v) is 14.8. The van der Waals surface area contributed by atoms with Gasteiger partial charge in [-0.2, -0.15) is 5.10 Å². The van der Waals surface area contributed by atoms with Gasteiger partial charge in [0.25, 0.3) is 0 Å². The van der Waals surface area contributed by atoms with Gasteiger partial charge < -0.3 is 10.8 Å². The molecule has 0 atom stereocenters. The number of aliphatic imine (C=N–C) groups is 1. The van der Waals surface area contributed by atoms with Gasteiger partial charge in [-0.1, -0.05) is 6.92 Å². The Hall–Kier alpha value is -2.93. The average molecular weight is 353 g/mol. The van der Waals surface area contributed by atoms with E-state index in [-0.39, 0.29) is 5.75 Å². The molecule has 128 valence electrons. The van der Waals surface area contributed by atoms with Crippen LogP contribution in [0.25, 0.3) is 17.1 Å². The van der Waals surface area contributed by atoms with Crippen LogP contribution < -0.4 is 5.73 Å². The molecule has 0 bridgehead atoms. The summed E-state index contributed by atoms with van der Waals surface area (Å²) in [5, 5.41) is 17.6. The summed E-state index contributed by atoms with van der Waals surface area (Å²) in [6, 6.07) is 11.1. The molecule has 0 radical (unpaired) electrons. The number of aromatic nitrogens is 3. The Morgan fingerprint density at radius 1 is 1.32 bits per heavy atom. The molecule has 2 aromatic carbocycles. The van der Waals surface area contributed by atoms with Crippen LogP contribution in [0.5, 0.6) is 5.75 Å². The van der Waals surface area contributed by atoms with Crippen LogP contribution in [-0.2, 0) is 6.42 Å². The number of hydrogen-bond donors (Lipinski definition) is 3. The second-order valence-electron chi connectivity index (χ2n) is 5.63. The molecule has 1 aromatic heterocycles. The van der Waals surface area contributed by atoms with Crippen molar-refractivity contribution in [3.8, 4) is 22.8 Å². The van der Waals surface area contributed by atoms with Crippen LogP contribution in [0.4, 0.5) is 5.69 Å². The highest BCUT2D eigenvalue weighted by Gasteiger charge is 2.16. The summed E-state index contributed by atoms with van der Waals surface area (Å²) < 4.78 is 2.23. The van der Waals surface area contributed by atoms with Crippen molar-refractivity contribution in [3.63, 3.8) is 0 Å². The van der Waals surface area contributed by atoms with E-state index >= 15 is 0 Å². The molecule has 3 aromatic rings. The van der Waals surface area contributed by atoms with Gasteiger partial charge in [-0.3, -0.25) is 9.67 Å². The summed E-state index contributed by atoms with van der Waals surface area (Å²) in [5.74, 6) is 0.738. The van der Waals surface area contributed by atoms with E-state index < -0.39 is 0 Å². The number of hydrogen-bond acceptors (Lipinski definition) is 4. The number of aromatic hydroxyl groups is 1. The quantitative estimate of drug-likeness (QED) is 0.378. The number of aryl methyl sites for hydroxylation is 2. The first-order valence-electron chi connectivity index (χ1n) is 7.90. The lowest BCUT2D eigenvalue weighted by Crippen LogP contribution is -1.99. The van der Waals surface area contributed by atoms with Crippen LogP contribution in [0.1, 0.15) is 18.1 Å². The molecule has 4 N–H and O–H groups in total. The monoisotopic (exact) mass is 353 g/mol. The van der Waals surface area contributed by atoms with Crippen molar-refractivity contribution in [1.29, 1.82) is 0 Å². The molecule has 0 fully saturated rings. The normalized spacial score (nSPS) is 11.3. The fraction of sp³-hybridized carbons (Fsp3) is 0.167. The third-order valence-corrected chi connectivity index (χ3v) is 4.35. The third kappa shape index (κ3) is 3.18. The Kier molecular flexibility index (Phi) is 4.67. The molecule has 1 heterocycles. The van der Waals surface area contributed by atoms with Crippen molar-refractivity contribution in [2.24, 2.45) is 10.7 Å². The number of rotatable bonds is 4. The lowest BCUT2D eigenvalue weighted by molar-refractivity contribution is 0.476. The van der Waals surface area contributed by atoms with E-state index in [4.69, 9.17) is 18.0 Å². The number of nitrogens with one attached hydrogen (secondary N) is 1. The highest BCUT2D eigenvalue weighted by molar-refractivity contribution is 7.71. The van der Waals surface area contributed by atoms with Gasteiger partial charge in [0.15, 0.2) is 10.6 Å². The van der Waals surface area contributed by atoms with E-state index in [0.29, 0.717) is 16.2 Å². The number of nitrogens with two attached hydrogens (primary N) is 1. The van der Waals surface area contributed by atoms with Gasteiger partial charge in [-0.05, 0) is 73.1 Å². The zero-order valence-electron chi connectivity index (χ0n) is 14.0. The third-order valence-electron chi connectivity index (χ3n) is 4.08. The van der Waals surface area contributed by atoms with Crippen LogP contribution in [0.3, 0.4) is 0 Å². The molecule has 0 aliphatic heterocycles. The zero-order chi connectivity index (χ0) is 18.0. The minimum atomic E-state index is 0.175. The Labute approximate surface area is 150 Å². The van der Waals surface area contributed by atoms with Crippen molar-refractivity contribution >= 4 is 24.2 Å². The van der Waals surface area contributed by atoms with Crippen LogP contribution >= 0.6 is 12.2 Å². The van der Waals surface area contributed by atoms with Gasteiger partial charge >= 0.3 is 0 Å². The molecule has 0 amide bonds. The Bertz CT molecular complexity index is 986. The molecule has 0 saturated heterocycles. The molecular formula is C18H19N5OS. The Morgan fingerprint density at radius 3 is 2.68 bits per heavy atom. The van der Waals surface area contributed by atoms with Gasteiger partial charge in [0.05, 0.1) is 23.3 Å². The van der Waals surface area contributed by atoms with Crippen molar-refractivity contribution in [3.05, 3.63) is 52.3 Å². The number of phenols is 1. The maximum atomic E-state index is 10.4. The van der Waals surface area contributed by atoms with E-state index in [0.717, 1.165) is 28.9 Å². The second-order valence-corrected chi connectivity index (χ2v) is 6.02. The Balaban J connectivity index is 2.16. The maximum Gasteiger partial charge on any atom is 0.200 e. The van der Waals surface area contributed by atoms with Crippen molar-refractivity contribution < 1.29 is 5.11 Å². The topological polar surface area (TPSA) is 92.2 Å². The smallest absolute Gasteiger partial charge is 0.200 e. The SMILES string of the molecule is CCc1cc(-c2n[nH]c(=S)n2-c2ccc(N=CN)cc2)c(O)cc1C. The summed E-state index contributed by atoms with van der Waals surface area (Å²) in [5.41, 5.74) is 9.72. The highest BCUT2D eigenvalue weighted by Crippen LogP contribution is 2.32. The first-order chi connectivity index (χ1) is 12.0. The van der Waals surface area contributed by atoms with E-state index in [1.165, 1.54) is 6.34 Å². The van der Waals surface area contributed by atoms with Crippen LogP contribution in [0, 0.1) is 11.7 Å². The second kappa shape index (κ2) is 6.90. The number of aromatic amines is 1. The van der Waals surface area contributed by atoms with Crippen LogP contribution in [-0.4, -0.2) is 26.2 Å². The number of phenolic OH excluding ortho intramolecular Hbond substituents is 1. The van der Waals surface area contributed by atoms with Gasteiger partial charge in [0.2, 0.25) is 0 Å². The van der Waals surface area contributed by atoms with E-state index in [2.05, 4.69) is 22.1 Å². The Morgan fingerprint density at radius 2 is 2.04 bits per heavy atom. The minimum absolute atomic E-state index is 0.175. The van der Waals surface area contributed by atoms with Gasteiger partial charge in [0, 0.05) is 0 Å². The molecule has 0 aliphatic rings. The van der Waals surface area contributed by atoms with Crippen molar-refractivity contribution in [2.75, 3.05) is 0 Å². The summed E-state index contributed by atoms with van der Waals surface area (Å²) in [4.78, 5) is 4.03. The molecule has 0 unspecified atom stereocenters. The fourth-order valence-corrected chi connectivity index (χ4v) is 3.03. The number of nitrogens with zero attached hydrogens (tertiary/aromatic N) is 3. The summed E-state index contributed by atoms with van der Waals surface area (Å²) in [6.45, 7) is 4.06. The molecule has 0 aliphatic carbocycles. The lowest BCUT2D eigenvalue weighted by Gasteiger charge is -2.11. The molecule has 6 nitrogen and oxygen atoms in total. The average Bonchev–Trinajstić information content (AvgIpc) is 2.97. The molecule has 0 spiro atoms. The van der Waals surface area contributed by atoms with Crippen molar-refractivity contribution in [1.82, 2.24) is 14.8 Å². The lowest BCUT2D eigenvalue weighted by atomic mass is 10.0. The maximum absolute atomic E-state index is 10.4. The molecule has 25 heavy (non-hydrogen) atoms. The van der Waals surface area contributed by atoms with Gasteiger partial charge in [-0.15, -0.1) is 0 Å². The van der Waals surface area contributed by atoms with E-state index in [1.54, 1.807) is 10.6 Å². The summed E-state index contributed by atoms with van der Waals surface area (Å²) in [7, 11) is 0. The number of H-pyrrole nitrogens is 1. The molecule has 0 saturated carbocycles. The predicted molar refractivity (Wildman–Crippen MR) is 102 cm³/mol. The van der Waals surface area contributed by atoms with E-state index in [9.17, 15) is 5.11 Å². The molecule has 3 rings (SSSR count). The van der Waals surface area contributed by atoms with Gasteiger partial charge in [-0.25, -0.2) is 4.99 Å². The fourth-order valence-electron chi connectivity index (χ4n) is 2.79. The van der Waals surface area contributed by atoms with Crippen molar-refractivity contribution in [2.45, 2.75) is 20.3 Å². The van der Waals surface area contributed by atoms with Crippen LogP contribution in [0.15, 0.2) is 41.4 Å². The van der Waals surface area contributed by atoms with Crippen LogP contribution in [0.2, 0.25) is 0 Å². The molecule has 7 heteroatoms. The first kappa shape index (κ1) is 16.9. The molecular weight excluding hydrogens is 334 g/mol. The standard InChI is InChI=1S/C18H19N5OS/c1-3-12-9-15(16(24)8-11(12)2)17-21-22-18(25)23(17)14-6-4-13(5-7-14)20-10-19/h4-10,24H,3H2,1-2H3,(H2,19,20)(H,22,25). The largest absolute Gasteiger partial charge is 0.507 e.